The zero-order valence-corrected chi connectivity index (χ0v) is 18.6. The average molecular weight is 461 g/mol. The van der Waals surface area contributed by atoms with Gasteiger partial charge in [0.25, 0.3) is 0 Å². The van der Waals surface area contributed by atoms with Gasteiger partial charge < -0.3 is 14.8 Å². The molecule has 0 aliphatic heterocycles. The van der Waals surface area contributed by atoms with Gasteiger partial charge in [-0.2, -0.15) is 4.31 Å². The molecule has 0 heterocycles. The maximum absolute atomic E-state index is 12.4. The third-order valence-corrected chi connectivity index (χ3v) is 6.06. The van der Waals surface area contributed by atoms with Gasteiger partial charge in [-0.1, -0.05) is 35.3 Å². The van der Waals surface area contributed by atoms with E-state index in [2.05, 4.69) is 5.32 Å². The van der Waals surface area contributed by atoms with Crippen LogP contribution in [0.2, 0.25) is 10.0 Å². The zero-order valence-electron chi connectivity index (χ0n) is 16.2. The van der Waals surface area contributed by atoms with Crippen molar-refractivity contribution < 1.29 is 22.7 Å². The summed E-state index contributed by atoms with van der Waals surface area (Å²) in [6.07, 6.45) is 1.04. The lowest BCUT2D eigenvalue weighted by atomic mass is 10.1. The lowest BCUT2D eigenvalue weighted by Crippen LogP contribution is -2.39. The quantitative estimate of drug-likeness (QED) is 0.621. The summed E-state index contributed by atoms with van der Waals surface area (Å²) in [7, 11) is -0.609. The second-order valence-electron chi connectivity index (χ2n) is 6.20. The molecule has 10 heteroatoms. The van der Waals surface area contributed by atoms with Crippen LogP contribution in [-0.2, 0) is 27.9 Å². The van der Waals surface area contributed by atoms with E-state index in [-0.39, 0.29) is 19.6 Å². The van der Waals surface area contributed by atoms with Gasteiger partial charge in [-0.25, -0.2) is 8.42 Å². The number of carbonyl (C=O) groups excluding carboxylic acids is 1. The van der Waals surface area contributed by atoms with Gasteiger partial charge >= 0.3 is 0 Å². The van der Waals surface area contributed by atoms with Crippen LogP contribution in [-0.4, -0.2) is 45.7 Å². The summed E-state index contributed by atoms with van der Waals surface area (Å²) in [5.41, 5.74) is 1.27. The number of carbonyl (C=O) groups is 1. The standard InChI is InChI=1S/C19H22Cl2N2O5S/c1-27-17-5-4-6-18(28-2)14(17)10-22-19(24)12-23(29(3,25)26)11-13-7-8-15(20)16(21)9-13/h4-9H,10-12H2,1-3H3,(H,22,24). The van der Waals surface area contributed by atoms with Crippen molar-refractivity contribution in [1.29, 1.82) is 0 Å². The van der Waals surface area contributed by atoms with Crippen LogP contribution in [0.15, 0.2) is 36.4 Å². The first-order valence-corrected chi connectivity index (χ1v) is 11.1. The van der Waals surface area contributed by atoms with Crippen molar-refractivity contribution in [2.24, 2.45) is 0 Å². The molecular formula is C19H22Cl2N2O5S. The Morgan fingerprint density at radius 3 is 2.21 bits per heavy atom. The number of amides is 1. The summed E-state index contributed by atoms with van der Waals surface area (Å²) in [6.45, 7) is -0.242. The molecule has 0 fully saturated rings. The topological polar surface area (TPSA) is 84.9 Å². The van der Waals surface area contributed by atoms with Gasteiger partial charge in [-0.05, 0) is 29.8 Å². The van der Waals surface area contributed by atoms with Crippen molar-refractivity contribution >= 4 is 39.1 Å². The van der Waals surface area contributed by atoms with Crippen LogP contribution in [0.5, 0.6) is 11.5 Å². The number of nitrogens with one attached hydrogen (secondary N) is 1. The maximum Gasteiger partial charge on any atom is 0.235 e. The van der Waals surface area contributed by atoms with E-state index in [1.807, 2.05) is 0 Å². The molecule has 0 aliphatic rings. The average Bonchev–Trinajstić information content (AvgIpc) is 2.67. The molecule has 0 saturated heterocycles. The van der Waals surface area contributed by atoms with E-state index in [9.17, 15) is 13.2 Å². The number of hydrogen-bond acceptors (Lipinski definition) is 5. The molecule has 7 nitrogen and oxygen atoms in total. The Bertz CT molecular complexity index is 960. The molecule has 0 aliphatic carbocycles. The molecule has 0 radical (unpaired) electrons. The Morgan fingerprint density at radius 2 is 1.69 bits per heavy atom. The van der Waals surface area contributed by atoms with Crippen LogP contribution in [0.3, 0.4) is 0 Å². The highest BCUT2D eigenvalue weighted by atomic mass is 35.5. The van der Waals surface area contributed by atoms with E-state index in [0.717, 1.165) is 10.6 Å². The van der Waals surface area contributed by atoms with Crippen molar-refractivity contribution in [3.05, 3.63) is 57.6 Å². The molecule has 29 heavy (non-hydrogen) atoms. The minimum absolute atomic E-state index is 0.0128. The lowest BCUT2D eigenvalue weighted by Gasteiger charge is -2.20. The highest BCUT2D eigenvalue weighted by Crippen LogP contribution is 2.28. The van der Waals surface area contributed by atoms with Crippen LogP contribution >= 0.6 is 23.2 Å². The van der Waals surface area contributed by atoms with Gasteiger partial charge in [0, 0.05) is 6.54 Å². The monoisotopic (exact) mass is 460 g/mol. The first kappa shape index (κ1) is 23.3. The minimum Gasteiger partial charge on any atom is -0.496 e. The second kappa shape index (κ2) is 10.2. The highest BCUT2D eigenvalue weighted by Gasteiger charge is 2.21. The van der Waals surface area contributed by atoms with Crippen LogP contribution in [0.1, 0.15) is 11.1 Å². The van der Waals surface area contributed by atoms with Gasteiger partial charge in [0.2, 0.25) is 15.9 Å². The largest absolute Gasteiger partial charge is 0.496 e. The van der Waals surface area contributed by atoms with Gasteiger partial charge in [0.15, 0.2) is 0 Å². The molecule has 1 N–H and O–H groups in total. The minimum atomic E-state index is -3.64. The van der Waals surface area contributed by atoms with Gasteiger partial charge in [0.05, 0.1) is 49.2 Å². The number of rotatable bonds is 9. The van der Waals surface area contributed by atoms with Crippen LogP contribution in [0, 0.1) is 0 Å². The molecule has 2 aromatic carbocycles. The van der Waals surface area contributed by atoms with Gasteiger partial charge in [-0.3, -0.25) is 4.79 Å². The molecule has 2 rings (SSSR count). The van der Waals surface area contributed by atoms with E-state index in [4.69, 9.17) is 32.7 Å². The zero-order chi connectivity index (χ0) is 21.6. The fourth-order valence-electron chi connectivity index (χ4n) is 2.64. The van der Waals surface area contributed by atoms with Gasteiger partial charge in [-0.15, -0.1) is 0 Å². The predicted octanol–water partition coefficient (Wildman–Crippen LogP) is 3.09. The molecule has 0 saturated carbocycles. The molecule has 0 spiro atoms. The summed E-state index contributed by atoms with van der Waals surface area (Å²) in [4.78, 5) is 12.4. The number of halogens is 2. The van der Waals surface area contributed by atoms with Crippen molar-refractivity contribution in [3.8, 4) is 11.5 Å². The van der Waals surface area contributed by atoms with E-state index < -0.39 is 15.9 Å². The third kappa shape index (κ3) is 6.50. The molecule has 0 aromatic heterocycles. The summed E-state index contributed by atoms with van der Waals surface area (Å²) >= 11 is 11.9. The highest BCUT2D eigenvalue weighted by molar-refractivity contribution is 7.88. The van der Waals surface area contributed by atoms with Crippen molar-refractivity contribution in [2.75, 3.05) is 27.0 Å². The van der Waals surface area contributed by atoms with Crippen LogP contribution in [0.25, 0.3) is 0 Å². The molecule has 2 aromatic rings. The first-order valence-electron chi connectivity index (χ1n) is 8.51. The van der Waals surface area contributed by atoms with Crippen LogP contribution in [0.4, 0.5) is 0 Å². The molecular weight excluding hydrogens is 439 g/mol. The number of hydrogen-bond donors (Lipinski definition) is 1. The third-order valence-electron chi connectivity index (χ3n) is 4.12. The van der Waals surface area contributed by atoms with Crippen molar-refractivity contribution in [3.63, 3.8) is 0 Å². The second-order valence-corrected chi connectivity index (χ2v) is 8.99. The van der Waals surface area contributed by atoms with Crippen LogP contribution < -0.4 is 14.8 Å². The first-order chi connectivity index (χ1) is 13.7. The number of nitrogens with zero attached hydrogens (tertiary/aromatic N) is 1. The van der Waals surface area contributed by atoms with E-state index >= 15 is 0 Å². The van der Waals surface area contributed by atoms with E-state index in [1.54, 1.807) is 36.4 Å². The number of benzene rings is 2. The van der Waals surface area contributed by atoms with E-state index in [1.165, 1.54) is 14.2 Å². The smallest absolute Gasteiger partial charge is 0.235 e. The SMILES string of the molecule is COc1cccc(OC)c1CNC(=O)CN(Cc1ccc(Cl)c(Cl)c1)S(C)(=O)=O. The Kier molecular flexibility index (Phi) is 8.15. The number of sulfonamides is 1. The Morgan fingerprint density at radius 1 is 1.07 bits per heavy atom. The van der Waals surface area contributed by atoms with E-state index in [0.29, 0.717) is 32.7 Å². The predicted molar refractivity (Wildman–Crippen MR) is 113 cm³/mol. The van der Waals surface area contributed by atoms with Gasteiger partial charge in [0.1, 0.15) is 11.5 Å². The molecule has 158 valence electrons. The van der Waals surface area contributed by atoms with Crippen molar-refractivity contribution in [1.82, 2.24) is 9.62 Å². The summed E-state index contributed by atoms with van der Waals surface area (Å²) < 4.78 is 35.9. The number of methoxy groups -OCH3 is 2. The Hall–Kier alpha value is -2.00. The fourth-order valence-corrected chi connectivity index (χ4v) is 3.69. The summed E-state index contributed by atoms with van der Waals surface area (Å²) in [6, 6.07) is 10.1. The molecule has 0 atom stereocenters. The maximum atomic E-state index is 12.4. The summed E-state index contributed by atoms with van der Waals surface area (Å²) in [5.74, 6) is 0.643. The lowest BCUT2D eigenvalue weighted by molar-refractivity contribution is -0.121. The Balaban J connectivity index is 2.10. The molecule has 0 unspecified atom stereocenters. The fraction of sp³-hybridized carbons (Fsp3) is 0.316. The normalized spacial score (nSPS) is 11.4. The molecule has 1 amide bonds. The number of ether oxygens (including phenoxy) is 2. The summed E-state index contributed by atoms with van der Waals surface area (Å²) in [5, 5.41) is 3.38. The molecule has 0 bridgehead atoms. The van der Waals surface area contributed by atoms with Crippen molar-refractivity contribution in [2.45, 2.75) is 13.1 Å². The Labute approximate surface area is 180 Å².